The monoisotopic (exact) mass is 232 g/mol. The van der Waals surface area contributed by atoms with Gasteiger partial charge in [0.2, 0.25) is 5.91 Å². The standard InChI is InChI=1S/C12H16N4O/c1-14-10(12(13)17)6-7-16-8-15-9-4-2-3-5-11(9)16/h2-5,8,10,14H,6-7H2,1H3,(H2,13,17). The number of primary amides is 1. The maximum absolute atomic E-state index is 11.1. The topological polar surface area (TPSA) is 72.9 Å². The molecule has 1 atom stereocenters. The number of fused-ring (bicyclic) bond motifs is 1. The van der Waals surface area contributed by atoms with Crippen molar-refractivity contribution in [2.45, 2.75) is 19.0 Å². The summed E-state index contributed by atoms with van der Waals surface area (Å²) in [5, 5.41) is 2.90. The van der Waals surface area contributed by atoms with E-state index in [4.69, 9.17) is 5.73 Å². The zero-order valence-corrected chi connectivity index (χ0v) is 9.76. The summed E-state index contributed by atoms with van der Waals surface area (Å²) in [5.74, 6) is -0.322. The van der Waals surface area contributed by atoms with E-state index in [0.29, 0.717) is 6.42 Å². The van der Waals surface area contributed by atoms with Crippen LogP contribution in [0, 0.1) is 0 Å². The van der Waals surface area contributed by atoms with Crippen molar-refractivity contribution in [1.82, 2.24) is 14.9 Å². The number of nitrogens with one attached hydrogen (secondary N) is 1. The van der Waals surface area contributed by atoms with E-state index in [1.165, 1.54) is 0 Å². The number of nitrogens with two attached hydrogens (primary N) is 1. The molecule has 0 aliphatic heterocycles. The van der Waals surface area contributed by atoms with E-state index < -0.39 is 0 Å². The number of likely N-dealkylation sites (N-methyl/N-ethyl adjacent to an activating group) is 1. The van der Waals surface area contributed by atoms with Crippen LogP contribution in [0.15, 0.2) is 30.6 Å². The highest BCUT2D eigenvalue weighted by molar-refractivity contribution is 5.79. The van der Waals surface area contributed by atoms with E-state index in [1.807, 2.05) is 28.8 Å². The van der Waals surface area contributed by atoms with E-state index >= 15 is 0 Å². The minimum absolute atomic E-state index is 0.295. The lowest BCUT2D eigenvalue weighted by Crippen LogP contribution is -2.39. The molecule has 5 nitrogen and oxygen atoms in total. The molecule has 1 heterocycles. The minimum Gasteiger partial charge on any atom is -0.368 e. The van der Waals surface area contributed by atoms with Crippen molar-refractivity contribution < 1.29 is 4.79 Å². The fourth-order valence-electron chi connectivity index (χ4n) is 1.89. The number of hydrogen-bond acceptors (Lipinski definition) is 3. The van der Waals surface area contributed by atoms with Crippen LogP contribution in [-0.2, 0) is 11.3 Å². The summed E-state index contributed by atoms with van der Waals surface area (Å²) >= 11 is 0. The zero-order chi connectivity index (χ0) is 12.3. The quantitative estimate of drug-likeness (QED) is 0.788. The Kier molecular flexibility index (Phi) is 3.39. The van der Waals surface area contributed by atoms with Crippen LogP contribution < -0.4 is 11.1 Å². The second kappa shape index (κ2) is 4.97. The molecular formula is C12H16N4O. The molecule has 0 fully saturated rings. The van der Waals surface area contributed by atoms with Crippen molar-refractivity contribution in [3.8, 4) is 0 Å². The van der Waals surface area contributed by atoms with E-state index in [2.05, 4.69) is 10.3 Å². The third-order valence-corrected chi connectivity index (χ3v) is 2.88. The molecule has 0 saturated heterocycles. The van der Waals surface area contributed by atoms with E-state index in [1.54, 1.807) is 13.4 Å². The first-order valence-corrected chi connectivity index (χ1v) is 5.59. The van der Waals surface area contributed by atoms with Gasteiger partial charge in [-0.05, 0) is 25.6 Å². The van der Waals surface area contributed by atoms with Crippen LogP contribution >= 0.6 is 0 Å². The maximum Gasteiger partial charge on any atom is 0.234 e. The van der Waals surface area contributed by atoms with Crippen LogP contribution in [0.1, 0.15) is 6.42 Å². The number of imidazole rings is 1. The molecule has 2 aromatic rings. The molecule has 0 bridgehead atoms. The zero-order valence-electron chi connectivity index (χ0n) is 9.76. The molecule has 90 valence electrons. The molecule has 1 aromatic heterocycles. The Morgan fingerprint density at radius 3 is 3.00 bits per heavy atom. The fraction of sp³-hybridized carbons (Fsp3) is 0.333. The van der Waals surface area contributed by atoms with Crippen molar-refractivity contribution >= 4 is 16.9 Å². The van der Waals surface area contributed by atoms with Crippen LogP contribution in [0.25, 0.3) is 11.0 Å². The molecule has 0 saturated carbocycles. The number of aryl methyl sites for hydroxylation is 1. The highest BCUT2D eigenvalue weighted by Gasteiger charge is 2.12. The Balaban J connectivity index is 2.11. The Bertz CT molecular complexity index is 520. The number of aromatic nitrogens is 2. The van der Waals surface area contributed by atoms with Gasteiger partial charge >= 0.3 is 0 Å². The highest BCUT2D eigenvalue weighted by atomic mass is 16.1. The SMILES string of the molecule is CNC(CCn1cnc2ccccc21)C(N)=O. The van der Waals surface area contributed by atoms with E-state index in [0.717, 1.165) is 17.6 Å². The maximum atomic E-state index is 11.1. The highest BCUT2D eigenvalue weighted by Crippen LogP contribution is 2.12. The van der Waals surface area contributed by atoms with Gasteiger partial charge in [-0.2, -0.15) is 0 Å². The lowest BCUT2D eigenvalue weighted by atomic mass is 10.2. The van der Waals surface area contributed by atoms with Gasteiger partial charge in [0.15, 0.2) is 0 Å². The van der Waals surface area contributed by atoms with E-state index in [9.17, 15) is 4.79 Å². The molecule has 1 aromatic carbocycles. The average molecular weight is 232 g/mol. The number of carbonyl (C=O) groups is 1. The van der Waals surface area contributed by atoms with Gasteiger partial charge in [-0.15, -0.1) is 0 Å². The molecule has 1 amide bonds. The third-order valence-electron chi connectivity index (χ3n) is 2.88. The van der Waals surface area contributed by atoms with Crippen LogP contribution in [0.2, 0.25) is 0 Å². The number of carbonyl (C=O) groups excluding carboxylic acids is 1. The summed E-state index contributed by atoms with van der Waals surface area (Å²) < 4.78 is 2.03. The Morgan fingerprint density at radius 1 is 1.53 bits per heavy atom. The van der Waals surface area contributed by atoms with Crippen LogP contribution in [0.3, 0.4) is 0 Å². The number of rotatable bonds is 5. The summed E-state index contributed by atoms with van der Waals surface area (Å²) in [6.07, 6.45) is 2.45. The van der Waals surface area contributed by atoms with Gasteiger partial charge in [0.25, 0.3) is 0 Å². The summed E-state index contributed by atoms with van der Waals surface area (Å²) in [6.45, 7) is 0.717. The molecule has 2 rings (SSSR count). The molecule has 0 radical (unpaired) electrons. The smallest absolute Gasteiger partial charge is 0.234 e. The second-order valence-electron chi connectivity index (χ2n) is 3.96. The van der Waals surface area contributed by atoms with Gasteiger partial charge in [-0.25, -0.2) is 4.98 Å². The van der Waals surface area contributed by atoms with Gasteiger partial charge in [0.1, 0.15) is 0 Å². The average Bonchev–Trinajstić information content (AvgIpc) is 2.73. The number of para-hydroxylation sites is 2. The predicted octanol–water partition coefficient (Wildman–Crippen LogP) is 0.500. The summed E-state index contributed by atoms with van der Waals surface area (Å²) in [7, 11) is 1.74. The first kappa shape index (κ1) is 11.6. The van der Waals surface area contributed by atoms with Gasteiger partial charge in [0.05, 0.1) is 23.4 Å². The van der Waals surface area contributed by atoms with Gasteiger partial charge in [0, 0.05) is 6.54 Å². The van der Waals surface area contributed by atoms with Crippen molar-refractivity contribution in [2.75, 3.05) is 7.05 Å². The van der Waals surface area contributed by atoms with Crippen molar-refractivity contribution in [2.24, 2.45) is 5.73 Å². The van der Waals surface area contributed by atoms with Crippen molar-refractivity contribution in [1.29, 1.82) is 0 Å². The third kappa shape index (κ3) is 2.45. The molecule has 17 heavy (non-hydrogen) atoms. The van der Waals surface area contributed by atoms with Crippen molar-refractivity contribution in [3.05, 3.63) is 30.6 Å². The minimum atomic E-state index is -0.322. The molecule has 1 unspecified atom stereocenters. The second-order valence-corrected chi connectivity index (χ2v) is 3.96. The molecule has 3 N–H and O–H groups in total. The van der Waals surface area contributed by atoms with Crippen LogP contribution in [-0.4, -0.2) is 28.5 Å². The predicted molar refractivity (Wildman–Crippen MR) is 66.4 cm³/mol. The summed E-state index contributed by atoms with van der Waals surface area (Å²) in [5.41, 5.74) is 7.31. The molecular weight excluding hydrogens is 216 g/mol. The normalized spacial score (nSPS) is 12.8. The molecule has 5 heteroatoms. The number of nitrogens with zero attached hydrogens (tertiary/aromatic N) is 2. The lowest BCUT2D eigenvalue weighted by Gasteiger charge is -2.12. The fourth-order valence-corrected chi connectivity index (χ4v) is 1.89. The largest absolute Gasteiger partial charge is 0.368 e. The molecule has 0 aliphatic rings. The Labute approximate surface area is 99.6 Å². The van der Waals surface area contributed by atoms with Crippen LogP contribution in [0.5, 0.6) is 0 Å². The molecule has 0 aliphatic carbocycles. The summed E-state index contributed by atoms with van der Waals surface area (Å²) in [4.78, 5) is 15.4. The Morgan fingerprint density at radius 2 is 2.29 bits per heavy atom. The van der Waals surface area contributed by atoms with E-state index in [-0.39, 0.29) is 11.9 Å². The van der Waals surface area contributed by atoms with Gasteiger partial charge in [-0.1, -0.05) is 12.1 Å². The first-order chi connectivity index (χ1) is 8.22. The van der Waals surface area contributed by atoms with Gasteiger partial charge in [-0.3, -0.25) is 4.79 Å². The number of benzene rings is 1. The first-order valence-electron chi connectivity index (χ1n) is 5.59. The van der Waals surface area contributed by atoms with Gasteiger partial charge < -0.3 is 15.6 Å². The molecule has 0 spiro atoms. The lowest BCUT2D eigenvalue weighted by molar-refractivity contribution is -0.120. The summed E-state index contributed by atoms with van der Waals surface area (Å²) in [6, 6.07) is 7.62. The Hall–Kier alpha value is -1.88. The number of amides is 1. The van der Waals surface area contributed by atoms with Crippen LogP contribution in [0.4, 0.5) is 0 Å². The van der Waals surface area contributed by atoms with Crippen molar-refractivity contribution in [3.63, 3.8) is 0 Å². The number of hydrogen-bond donors (Lipinski definition) is 2.